The van der Waals surface area contributed by atoms with Gasteiger partial charge in [-0.05, 0) is 36.8 Å². The highest BCUT2D eigenvalue weighted by molar-refractivity contribution is 9.10. The molecule has 4 nitrogen and oxygen atoms in total. The number of aryl methyl sites for hydroxylation is 1. The Morgan fingerprint density at radius 3 is 2.89 bits per heavy atom. The number of methoxy groups -OCH3 is 1. The van der Waals surface area contributed by atoms with E-state index in [0.717, 1.165) is 15.7 Å². The third-order valence-electron chi connectivity index (χ3n) is 2.66. The van der Waals surface area contributed by atoms with Crippen LogP contribution in [0.25, 0.3) is 0 Å². The Balaban J connectivity index is 2.28. The summed E-state index contributed by atoms with van der Waals surface area (Å²) in [5.74, 6) is 0.0683. The molecular formula is C14H13BrN2O2. The molecule has 0 fully saturated rings. The minimum atomic E-state index is -0.244. The number of hydrogen-bond acceptors (Lipinski definition) is 3. The molecule has 19 heavy (non-hydrogen) atoms. The minimum Gasteiger partial charge on any atom is -0.480 e. The fourth-order valence-electron chi connectivity index (χ4n) is 1.64. The van der Waals surface area contributed by atoms with Crippen LogP contribution >= 0.6 is 15.9 Å². The molecule has 0 saturated carbocycles. The van der Waals surface area contributed by atoms with Crippen LogP contribution in [0.2, 0.25) is 0 Å². The van der Waals surface area contributed by atoms with Gasteiger partial charge in [-0.2, -0.15) is 0 Å². The fourth-order valence-corrected chi connectivity index (χ4v) is 2.01. The summed E-state index contributed by atoms with van der Waals surface area (Å²) in [5, 5.41) is 2.85. The second-order valence-electron chi connectivity index (χ2n) is 3.97. The van der Waals surface area contributed by atoms with Crippen molar-refractivity contribution in [1.82, 2.24) is 4.98 Å². The van der Waals surface area contributed by atoms with Crippen LogP contribution in [0.15, 0.2) is 41.0 Å². The van der Waals surface area contributed by atoms with Crippen molar-refractivity contribution in [2.75, 3.05) is 12.4 Å². The van der Waals surface area contributed by atoms with Gasteiger partial charge in [0.25, 0.3) is 5.91 Å². The van der Waals surface area contributed by atoms with Crippen molar-refractivity contribution in [2.24, 2.45) is 0 Å². The predicted octanol–water partition coefficient (Wildman–Crippen LogP) is 3.41. The van der Waals surface area contributed by atoms with Crippen molar-refractivity contribution in [3.05, 3.63) is 52.1 Å². The van der Waals surface area contributed by atoms with Crippen LogP contribution in [0.4, 0.5) is 5.69 Å². The molecule has 98 valence electrons. The molecule has 2 rings (SSSR count). The van der Waals surface area contributed by atoms with E-state index in [1.165, 1.54) is 7.11 Å². The molecule has 0 aliphatic carbocycles. The summed E-state index contributed by atoms with van der Waals surface area (Å²) >= 11 is 3.38. The first-order valence-electron chi connectivity index (χ1n) is 5.68. The van der Waals surface area contributed by atoms with Crippen LogP contribution in [-0.2, 0) is 0 Å². The lowest BCUT2D eigenvalue weighted by Crippen LogP contribution is -2.14. The second kappa shape index (κ2) is 5.84. The summed E-state index contributed by atoms with van der Waals surface area (Å²) < 4.78 is 5.99. The molecule has 1 N–H and O–H groups in total. The van der Waals surface area contributed by atoms with Gasteiger partial charge in [-0.25, -0.2) is 4.98 Å². The Labute approximate surface area is 119 Å². The van der Waals surface area contributed by atoms with Crippen molar-refractivity contribution in [2.45, 2.75) is 6.92 Å². The fraction of sp³-hybridized carbons (Fsp3) is 0.143. The number of ether oxygens (including phenoxy) is 1. The van der Waals surface area contributed by atoms with E-state index >= 15 is 0 Å². The third kappa shape index (κ3) is 3.12. The highest BCUT2D eigenvalue weighted by atomic mass is 79.9. The topological polar surface area (TPSA) is 51.2 Å². The summed E-state index contributed by atoms with van der Waals surface area (Å²) in [6.07, 6.45) is 1.58. The maximum absolute atomic E-state index is 12.2. The minimum absolute atomic E-state index is 0.244. The lowest BCUT2D eigenvalue weighted by molar-refractivity contribution is 0.102. The van der Waals surface area contributed by atoms with Crippen molar-refractivity contribution in [3.8, 4) is 5.88 Å². The SMILES string of the molecule is COc1ncccc1C(=O)Nc1cc(Br)ccc1C. The van der Waals surface area contributed by atoms with Crippen LogP contribution in [0.1, 0.15) is 15.9 Å². The number of rotatable bonds is 3. The smallest absolute Gasteiger partial charge is 0.261 e. The molecule has 0 atom stereocenters. The van der Waals surface area contributed by atoms with Crippen LogP contribution in [0.3, 0.4) is 0 Å². The van der Waals surface area contributed by atoms with E-state index < -0.39 is 0 Å². The van der Waals surface area contributed by atoms with Crippen molar-refractivity contribution >= 4 is 27.5 Å². The van der Waals surface area contributed by atoms with Gasteiger partial charge in [0.05, 0.1) is 7.11 Å². The molecule has 1 heterocycles. The summed E-state index contributed by atoms with van der Waals surface area (Å²) in [6.45, 7) is 1.93. The Kier molecular flexibility index (Phi) is 4.16. The number of carbonyl (C=O) groups is 1. The Hall–Kier alpha value is -1.88. The number of benzene rings is 1. The molecule has 0 unspecified atom stereocenters. The zero-order valence-corrected chi connectivity index (χ0v) is 12.2. The number of halogens is 1. The molecule has 0 aliphatic heterocycles. The molecular weight excluding hydrogens is 308 g/mol. The highest BCUT2D eigenvalue weighted by Crippen LogP contribution is 2.22. The van der Waals surface area contributed by atoms with Gasteiger partial charge in [0.1, 0.15) is 5.56 Å². The van der Waals surface area contributed by atoms with Gasteiger partial charge in [-0.3, -0.25) is 4.79 Å². The van der Waals surface area contributed by atoms with E-state index in [1.54, 1.807) is 18.3 Å². The molecule has 0 spiro atoms. The van der Waals surface area contributed by atoms with E-state index in [-0.39, 0.29) is 5.91 Å². The number of carbonyl (C=O) groups excluding carboxylic acids is 1. The van der Waals surface area contributed by atoms with Crippen molar-refractivity contribution in [1.29, 1.82) is 0 Å². The molecule has 1 aromatic heterocycles. The average Bonchev–Trinajstić information content (AvgIpc) is 2.42. The molecule has 0 radical (unpaired) electrons. The number of anilines is 1. The Morgan fingerprint density at radius 2 is 2.16 bits per heavy atom. The quantitative estimate of drug-likeness (QED) is 0.942. The van der Waals surface area contributed by atoms with Crippen LogP contribution in [0.5, 0.6) is 5.88 Å². The first-order valence-corrected chi connectivity index (χ1v) is 6.47. The van der Waals surface area contributed by atoms with Crippen LogP contribution < -0.4 is 10.1 Å². The Bertz CT molecular complexity index is 614. The summed E-state index contributed by atoms with van der Waals surface area (Å²) in [4.78, 5) is 16.2. The van der Waals surface area contributed by atoms with Gasteiger partial charge in [0, 0.05) is 16.4 Å². The molecule has 1 aromatic carbocycles. The zero-order chi connectivity index (χ0) is 13.8. The molecule has 0 bridgehead atoms. The van der Waals surface area contributed by atoms with E-state index in [9.17, 15) is 4.79 Å². The number of amides is 1. The average molecular weight is 321 g/mol. The summed E-state index contributed by atoms with van der Waals surface area (Å²) in [7, 11) is 1.49. The normalized spacial score (nSPS) is 10.1. The number of aromatic nitrogens is 1. The van der Waals surface area contributed by atoms with E-state index in [1.807, 2.05) is 25.1 Å². The maximum atomic E-state index is 12.2. The molecule has 1 amide bonds. The zero-order valence-electron chi connectivity index (χ0n) is 10.6. The van der Waals surface area contributed by atoms with Gasteiger partial charge in [0.15, 0.2) is 0 Å². The number of hydrogen-bond donors (Lipinski definition) is 1. The van der Waals surface area contributed by atoms with Crippen LogP contribution in [-0.4, -0.2) is 18.0 Å². The van der Waals surface area contributed by atoms with E-state index in [4.69, 9.17) is 4.74 Å². The highest BCUT2D eigenvalue weighted by Gasteiger charge is 2.13. The lowest BCUT2D eigenvalue weighted by atomic mass is 10.2. The van der Waals surface area contributed by atoms with Gasteiger partial charge >= 0.3 is 0 Å². The largest absolute Gasteiger partial charge is 0.480 e. The number of pyridine rings is 1. The van der Waals surface area contributed by atoms with E-state index in [0.29, 0.717) is 11.4 Å². The van der Waals surface area contributed by atoms with Crippen molar-refractivity contribution in [3.63, 3.8) is 0 Å². The van der Waals surface area contributed by atoms with Gasteiger partial charge in [0.2, 0.25) is 5.88 Å². The Morgan fingerprint density at radius 1 is 1.37 bits per heavy atom. The predicted molar refractivity (Wildman–Crippen MR) is 77.6 cm³/mol. The van der Waals surface area contributed by atoms with E-state index in [2.05, 4.69) is 26.2 Å². The molecule has 0 aliphatic rings. The first-order chi connectivity index (χ1) is 9.11. The maximum Gasteiger partial charge on any atom is 0.261 e. The lowest BCUT2D eigenvalue weighted by Gasteiger charge is -2.10. The number of nitrogens with one attached hydrogen (secondary N) is 1. The van der Waals surface area contributed by atoms with Gasteiger partial charge in [-0.1, -0.05) is 22.0 Å². The molecule has 0 saturated heterocycles. The monoisotopic (exact) mass is 320 g/mol. The van der Waals surface area contributed by atoms with Gasteiger partial charge < -0.3 is 10.1 Å². The number of nitrogens with zero attached hydrogens (tertiary/aromatic N) is 1. The first kappa shape index (κ1) is 13.5. The van der Waals surface area contributed by atoms with Crippen molar-refractivity contribution < 1.29 is 9.53 Å². The van der Waals surface area contributed by atoms with Crippen LogP contribution in [0, 0.1) is 6.92 Å². The summed E-state index contributed by atoms with van der Waals surface area (Å²) in [5.41, 5.74) is 2.15. The van der Waals surface area contributed by atoms with Gasteiger partial charge in [-0.15, -0.1) is 0 Å². The molecule has 5 heteroatoms. The second-order valence-corrected chi connectivity index (χ2v) is 4.89. The third-order valence-corrected chi connectivity index (χ3v) is 3.15. The standard InChI is InChI=1S/C14H13BrN2O2/c1-9-5-6-10(15)8-12(9)17-13(18)11-4-3-7-16-14(11)19-2/h3-8H,1-2H3,(H,17,18). The summed E-state index contributed by atoms with van der Waals surface area (Å²) in [6, 6.07) is 9.09. The molecule has 2 aromatic rings.